The van der Waals surface area contributed by atoms with Crippen molar-refractivity contribution in [1.29, 1.82) is 0 Å². The van der Waals surface area contributed by atoms with Crippen LogP contribution in [0.2, 0.25) is 0 Å². The Morgan fingerprint density at radius 2 is 2.10 bits per heavy atom. The molecule has 0 radical (unpaired) electrons. The van der Waals surface area contributed by atoms with Crippen molar-refractivity contribution in [2.24, 2.45) is 5.73 Å². The molecule has 1 atom stereocenters. The lowest BCUT2D eigenvalue weighted by atomic mass is 10.1. The van der Waals surface area contributed by atoms with Gasteiger partial charge >= 0.3 is 0 Å². The number of amides is 2. The molecule has 0 saturated heterocycles. The Labute approximate surface area is 123 Å². The lowest BCUT2D eigenvalue weighted by Gasteiger charge is -2.13. The Hall–Kier alpha value is -1.93. The van der Waals surface area contributed by atoms with Gasteiger partial charge in [0, 0.05) is 12.1 Å². The summed E-state index contributed by atoms with van der Waals surface area (Å²) in [5.41, 5.74) is 6.44. The summed E-state index contributed by atoms with van der Waals surface area (Å²) in [6.45, 7) is 1.38. The van der Waals surface area contributed by atoms with Crippen molar-refractivity contribution in [2.45, 2.75) is 37.1 Å². The maximum Gasteiger partial charge on any atom is 0.241 e. The first kappa shape index (κ1) is 15.5. The fourth-order valence-electron chi connectivity index (χ4n) is 2.08. The third-order valence-electron chi connectivity index (χ3n) is 3.27. The standard InChI is InChI=1S/C13H17N3O4S/c1-8(13(14)18)16-21(19,20)10-5-6-11-9(7-10)3-2-4-12(17)15-11/h5-8,16H,2-4H2,1H3,(H2,14,18)(H,15,17). The topological polar surface area (TPSA) is 118 Å². The fraction of sp³-hybridized carbons (Fsp3) is 0.385. The van der Waals surface area contributed by atoms with Gasteiger partial charge in [0.2, 0.25) is 21.8 Å². The van der Waals surface area contributed by atoms with E-state index in [9.17, 15) is 18.0 Å². The zero-order valence-corrected chi connectivity index (χ0v) is 12.4. The Morgan fingerprint density at radius 3 is 2.76 bits per heavy atom. The van der Waals surface area contributed by atoms with Gasteiger partial charge in [-0.1, -0.05) is 0 Å². The van der Waals surface area contributed by atoms with Crippen molar-refractivity contribution in [3.05, 3.63) is 23.8 Å². The molecule has 0 aromatic heterocycles. The van der Waals surface area contributed by atoms with Crippen LogP contribution in [0.5, 0.6) is 0 Å². The van der Waals surface area contributed by atoms with Crippen LogP contribution < -0.4 is 15.8 Å². The first-order chi connectivity index (χ1) is 9.79. The highest BCUT2D eigenvalue weighted by Crippen LogP contribution is 2.25. The fourth-order valence-corrected chi connectivity index (χ4v) is 3.34. The number of aryl methyl sites for hydroxylation is 1. The molecule has 21 heavy (non-hydrogen) atoms. The van der Waals surface area contributed by atoms with Crippen LogP contribution in [0.1, 0.15) is 25.3 Å². The van der Waals surface area contributed by atoms with E-state index < -0.39 is 22.0 Å². The molecule has 2 rings (SSSR count). The van der Waals surface area contributed by atoms with Crippen LogP contribution >= 0.6 is 0 Å². The zero-order chi connectivity index (χ0) is 15.6. The minimum Gasteiger partial charge on any atom is -0.368 e. The number of hydrogen-bond donors (Lipinski definition) is 3. The maximum absolute atomic E-state index is 12.2. The summed E-state index contributed by atoms with van der Waals surface area (Å²) in [7, 11) is -3.83. The molecule has 1 aliphatic rings. The van der Waals surface area contributed by atoms with Crippen LogP contribution in [0.15, 0.2) is 23.1 Å². The largest absolute Gasteiger partial charge is 0.368 e. The number of rotatable bonds is 4. The minimum absolute atomic E-state index is 0.0468. The quantitative estimate of drug-likeness (QED) is 0.731. The van der Waals surface area contributed by atoms with E-state index in [2.05, 4.69) is 10.0 Å². The Morgan fingerprint density at radius 1 is 1.38 bits per heavy atom. The number of nitrogens with two attached hydrogens (primary N) is 1. The van der Waals surface area contributed by atoms with Gasteiger partial charge < -0.3 is 11.1 Å². The van der Waals surface area contributed by atoms with Crippen molar-refractivity contribution < 1.29 is 18.0 Å². The summed E-state index contributed by atoms with van der Waals surface area (Å²) in [5.74, 6) is -0.828. The summed E-state index contributed by atoms with van der Waals surface area (Å²) in [5, 5.41) is 2.73. The first-order valence-electron chi connectivity index (χ1n) is 6.54. The average molecular weight is 311 g/mol. The van der Waals surface area contributed by atoms with Crippen molar-refractivity contribution >= 4 is 27.5 Å². The molecular formula is C13H17N3O4S. The molecule has 2 amide bonds. The van der Waals surface area contributed by atoms with Crippen LogP contribution in [-0.2, 0) is 26.0 Å². The second kappa shape index (κ2) is 5.82. The van der Waals surface area contributed by atoms with E-state index in [1.54, 1.807) is 6.07 Å². The van der Waals surface area contributed by atoms with Gasteiger partial charge in [0.15, 0.2) is 0 Å². The molecule has 1 aliphatic heterocycles. The Bertz CT molecular complexity index is 685. The van der Waals surface area contributed by atoms with E-state index in [1.807, 2.05) is 0 Å². The lowest BCUT2D eigenvalue weighted by molar-refractivity contribution is -0.119. The summed E-state index contributed by atoms with van der Waals surface area (Å²) >= 11 is 0. The third-order valence-corrected chi connectivity index (χ3v) is 4.81. The number of carbonyl (C=O) groups is 2. The molecule has 0 saturated carbocycles. The second-order valence-electron chi connectivity index (χ2n) is 4.97. The summed E-state index contributed by atoms with van der Waals surface area (Å²) in [4.78, 5) is 22.5. The molecule has 0 bridgehead atoms. The molecule has 1 heterocycles. The van der Waals surface area contributed by atoms with E-state index >= 15 is 0 Å². The summed E-state index contributed by atoms with van der Waals surface area (Å²) in [6.07, 6.45) is 1.68. The van der Waals surface area contributed by atoms with E-state index in [0.717, 1.165) is 5.56 Å². The number of fused-ring (bicyclic) bond motifs is 1. The number of hydrogen-bond acceptors (Lipinski definition) is 4. The first-order valence-corrected chi connectivity index (χ1v) is 8.02. The number of sulfonamides is 1. The van der Waals surface area contributed by atoms with Crippen LogP contribution in [-0.4, -0.2) is 26.3 Å². The normalized spacial score (nSPS) is 16.5. The SMILES string of the molecule is CC(NS(=O)(=O)c1ccc2c(c1)CCCC(=O)N2)C(N)=O. The van der Waals surface area contributed by atoms with Gasteiger partial charge in [-0.25, -0.2) is 8.42 Å². The Kier molecular flexibility index (Phi) is 4.29. The lowest BCUT2D eigenvalue weighted by Crippen LogP contribution is -2.42. The second-order valence-corrected chi connectivity index (χ2v) is 6.68. The van der Waals surface area contributed by atoms with Gasteiger partial charge in [0.1, 0.15) is 0 Å². The molecule has 1 unspecified atom stereocenters. The summed E-state index contributed by atoms with van der Waals surface area (Å²) < 4.78 is 26.6. The Balaban J connectivity index is 2.31. The van der Waals surface area contributed by atoms with Gasteiger partial charge in [-0.3, -0.25) is 9.59 Å². The molecule has 0 spiro atoms. The number of benzene rings is 1. The van der Waals surface area contributed by atoms with E-state index in [-0.39, 0.29) is 10.8 Å². The molecule has 0 aliphatic carbocycles. The molecule has 0 fully saturated rings. The van der Waals surface area contributed by atoms with Crippen molar-refractivity contribution in [1.82, 2.24) is 4.72 Å². The highest BCUT2D eigenvalue weighted by atomic mass is 32.2. The van der Waals surface area contributed by atoms with E-state index in [4.69, 9.17) is 5.73 Å². The van der Waals surface area contributed by atoms with Gasteiger partial charge in [0.25, 0.3) is 0 Å². The number of primary amides is 1. The molecule has 8 heteroatoms. The third kappa shape index (κ3) is 3.59. The van der Waals surface area contributed by atoms with Gasteiger partial charge in [-0.05, 0) is 43.5 Å². The molecule has 1 aromatic carbocycles. The van der Waals surface area contributed by atoms with Gasteiger partial charge in [-0.15, -0.1) is 0 Å². The maximum atomic E-state index is 12.2. The van der Waals surface area contributed by atoms with Gasteiger partial charge in [0.05, 0.1) is 10.9 Å². The molecule has 4 N–H and O–H groups in total. The van der Waals surface area contributed by atoms with Crippen molar-refractivity contribution in [2.75, 3.05) is 5.32 Å². The van der Waals surface area contributed by atoms with Crippen LogP contribution in [0.25, 0.3) is 0 Å². The zero-order valence-electron chi connectivity index (χ0n) is 11.5. The molecule has 114 valence electrons. The molecule has 7 nitrogen and oxygen atoms in total. The van der Waals surface area contributed by atoms with E-state index in [1.165, 1.54) is 19.1 Å². The number of carbonyl (C=O) groups excluding carboxylic acids is 2. The van der Waals surface area contributed by atoms with Crippen LogP contribution in [0.4, 0.5) is 5.69 Å². The molecule has 1 aromatic rings. The van der Waals surface area contributed by atoms with Gasteiger partial charge in [-0.2, -0.15) is 4.72 Å². The van der Waals surface area contributed by atoms with Crippen LogP contribution in [0.3, 0.4) is 0 Å². The number of nitrogens with one attached hydrogen (secondary N) is 2. The van der Waals surface area contributed by atoms with Crippen molar-refractivity contribution in [3.8, 4) is 0 Å². The van der Waals surface area contributed by atoms with Crippen molar-refractivity contribution in [3.63, 3.8) is 0 Å². The minimum atomic E-state index is -3.83. The monoisotopic (exact) mass is 311 g/mol. The molecular weight excluding hydrogens is 294 g/mol. The van der Waals surface area contributed by atoms with E-state index in [0.29, 0.717) is 24.9 Å². The average Bonchev–Trinajstić information content (AvgIpc) is 2.57. The number of anilines is 1. The smallest absolute Gasteiger partial charge is 0.241 e. The van der Waals surface area contributed by atoms with Crippen LogP contribution in [0, 0.1) is 0 Å². The highest BCUT2D eigenvalue weighted by Gasteiger charge is 2.22. The summed E-state index contributed by atoms with van der Waals surface area (Å²) in [6, 6.07) is 3.47. The highest BCUT2D eigenvalue weighted by molar-refractivity contribution is 7.89. The predicted molar refractivity (Wildman–Crippen MR) is 77.0 cm³/mol. The predicted octanol–water partition coefficient (Wildman–Crippen LogP) is 0.113.